The molecule has 2 rings (SSSR count). The van der Waals surface area contributed by atoms with Crippen LogP contribution in [0.4, 0.5) is 10.5 Å². The van der Waals surface area contributed by atoms with E-state index in [4.69, 9.17) is 4.74 Å². The van der Waals surface area contributed by atoms with Crippen molar-refractivity contribution in [3.05, 3.63) is 54.4 Å². The zero-order chi connectivity index (χ0) is 15.9. The summed E-state index contributed by atoms with van der Waals surface area (Å²) in [4.78, 5) is 17.9. The number of methoxy groups -OCH3 is 1. The predicted molar refractivity (Wildman–Crippen MR) is 87.2 cm³/mol. The van der Waals surface area contributed by atoms with E-state index in [1.807, 2.05) is 37.3 Å². The molecule has 1 aromatic heterocycles. The van der Waals surface area contributed by atoms with Crippen molar-refractivity contribution in [2.24, 2.45) is 0 Å². The minimum atomic E-state index is -0.157. The van der Waals surface area contributed by atoms with Gasteiger partial charge in [0.25, 0.3) is 0 Å². The van der Waals surface area contributed by atoms with Crippen molar-refractivity contribution in [1.82, 2.24) is 9.88 Å². The summed E-state index contributed by atoms with van der Waals surface area (Å²) in [6.07, 6.45) is 4.02. The second kappa shape index (κ2) is 7.45. The summed E-state index contributed by atoms with van der Waals surface area (Å²) in [5.74, 6) is 0.843. The molecule has 0 aliphatic heterocycles. The van der Waals surface area contributed by atoms with Gasteiger partial charge in [0.1, 0.15) is 5.75 Å². The van der Waals surface area contributed by atoms with Crippen LogP contribution >= 0.6 is 0 Å². The molecule has 0 bridgehead atoms. The standard InChI is InChI=1S/C17H21N3O2/c1-13(11-14-7-4-5-9-16(14)22-3)20(2)17(21)19-15-8-6-10-18-12-15/h4-10,12-13H,11H2,1-3H3,(H,19,21)/t13-/m0/s1. The fraction of sp³-hybridized carbons (Fsp3) is 0.294. The molecule has 0 radical (unpaired) electrons. The molecule has 5 heteroatoms. The van der Waals surface area contributed by atoms with E-state index in [-0.39, 0.29) is 12.1 Å². The number of carbonyl (C=O) groups excluding carboxylic acids is 1. The van der Waals surface area contributed by atoms with E-state index in [1.165, 1.54) is 0 Å². The van der Waals surface area contributed by atoms with Crippen molar-refractivity contribution < 1.29 is 9.53 Å². The van der Waals surface area contributed by atoms with Crippen LogP contribution in [-0.4, -0.2) is 36.1 Å². The number of hydrogen-bond donors (Lipinski definition) is 1. The van der Waals surface area contributed by atoms with Crippen LogP contribution in [0, 0.1) is 0 Å². The lowest BCUT2D eigenvalue weighted by Crippen LogP contribution is -2.39. The second-order valence-corrected chi connectivity index (χ2v) is 5.15. The van der Waals surface area contributed by atoms with Crippen molar-refractivity contribution in [1.29, 1.82) is 0 Å². The van der Waals surface area contributed by atoms with E-state index in [1.54, 1.807) is 37.5 Å². The van der Waals surface area contributed by atoms with Gasteiger partial charge in [-0.3, -0.25) is 4.98 Å². The highest BCUT2D eigenvalue weighted by atomic mass is 16.5. The number of urea groups is 1. The third-order valence-electron chi connectivity index (χ3n) is 3.60. The van der Waals surface area contributed by atoms with Gasteiger partial charge in [0, 0.05) is 19.3 Å². The second-order valence-electron chi connectivity index (χ2n) is 5.15. The summed E-state index contributed by atoms with van der Waals surface area (Å²) < 4.78 is 5.35. The minimum Gasteiger partial charge on any atom is -0.496 e. The van der Waals surface area contributed by atoms with E-state index >= 15 is 0 Å². The number of benzene rings is 1. The SMILES string of the molecule is COc1ccccc1C[C@H](C)N(C)C(=O)Nc1cccnc1. The lowest BCUT2D eigenvalue weighted by molar-refractivity contribution is 0.207. The normalized spacial score (nSPS) is 11.6. The number of para-hydroxylation sites is 1. The Morgan fingerprint density at radius 3 is 2.77 bits per heavy atom. The summed E-state index contributed by atoms with van der Waals surface area (Å²) >= 11 is 0. The van der Waals surface area contributed by atoms with Crippen LogP contribution in [0.15, 0.2) is 48.8 Å². The van der Waals surface area contributed by atoms with Crippen molar-refractivity contribution in [2.45, 2.75) is 19.4 Å². The monoisotopic (exact) mass is 299 g/mol. The fourth-order valence-corrected chi connectivity index (χ4v) is 2.18. The maximum Gasteiger partial charge on any atom is 0.321 e. The van der Waals surface area contributed by atoms with Gasteiger partial charge in [-0.1, -0.05) is 18.2 Å². The molecule has 0 unspecified atom stereocenters. The number of anilines is 1. The molecule has 0 saturated heterocycles. The maximum atomic E-state index is 12.3. The van der Waals surface area contributed by atoms with Gasteiger partial charge in [0.05, 0.1) is 19.0 Å². The van der Waals surface area contributed by atoms with Gasteiger partial charge < -0.3 is 15.0 Å². The molecule has 1 atom stereocenters. The van der Waals surface area contributed by atoms with Crippen LogP contribution in [-0.2, 0) is 6.42 Å². The Hall–Kier alpha value is -2.56. The number of likely N-dealkylation sites (N-methyl/N-ethyl adjacent to an activating group) is 1. The van der Waals surface area contributed by atoms with Crippen LogP contribution in [0.5, 0.6) is 5.75 Å². The summed E-state index contributed by atoms with van der Waals surface area (Å²) in [5.41, 5.74) is 1.77. The fourth-order valence-electron chi connectivity index (χ4n) is 2.18. The molecule has 0 spiro atoms. The Balaban J connectivity index is 1.99. The van der Waals surface area contributed by atoms with Gasteiger partial charge in [0.2, 0.25) is 0 Å². The van der Waals surface area contributed by atoms with Gasteiger partial charge in [-0.25, -0.2) is 4.79 Å². The third-order valence-corrected chi connectivity index (χ3v) is 3.60. The summed E-state index contributed by atoms with van der Waals surface area (Å²) in [6, 6.07) is 11.3. The lowest BCUT2D eigenvalue weighted by Gasteiger charge is -2.25. The molecule has 1 N–H and O–H groups in total. The quantitative estimate of drug-likeness (QED) is 0.922. The van der Waals surface area contributed by atoms with Crippen molar-refractivity contribution in [3.8, 4) is 5.75 Å². The largest absolute Gasteiger partial charge is 0.496 e. The van der Waals surface area contributed by atoms with Crippen LogP contribution < -0.4 is 10.1 Å². The first-order chi connectivity index (χ1) is 10.6. The molecule has 0 aliphatic rings. The van der Waals surface area contributed by atoms with Crippen LogP contribution in [0.2, 0.25) is 0 Å². The van der Waals surface area contributed by atoms with Crippen molar-refractivity contribution in [2.75, 3.05) is 19.5 Å². The van der Waals surface area contributed by atoms with Crippen LogP contribution in [0.25, 0.3) is 0 Å². The van der Waals surface area contributed by atoms with Gasteiger partial charge in [-0.2, -0.15) is 0 Å². The van der Waals surface area contributed by atoms with Gasteiger partial charge in [-0.15, -0.1) is 0 Å². The summed E-state index contributed by atoms with van der Waals surface area (Å²) in [7, 11) is 3.44. The predicted octanol–water partition coefficient (Wildman–Crippen LogP) is 3.19. The molecular formula is C17H21N3O2. The summed E-state index contributed by atoms with van der Waals surface area (Å²) in [6.45, 7) is 2.01. The van der Waals surface area contributed by atoms with Crippen molar-refractivity contribution in [3.63, 3.8) is 0 Å². The molecule has 0 fully saturated rings. The van der Waals surface area contributed by atoms with Gasteiger partial charge in [-0.05, 0) is 37.1 Å². The molecule has 2 aromatic rings. The van der Waals surface area contributed by atoms with Gasteiger partial charge >= 0.3 is 6.03 Å². The number of nitrogens with one attached hydrogen (secondary N) is 1. The van der Waals surface area contributed by atoms with E-state index in [0.29, 0.717) is 5.69 Å². The molecular weight excluding hydrogens is 278 g/mol. The van der Waals surface area contributed by atoms with E-state index in [2.05, 4.69) is 10.3 Å². The number of nitrogens with zero attached hydrogens (tertiary/aromatic N) is 2. The number of amides is 2. The molecule has 1 heterocycles. The highest BCUT2D eigenvalue weighted by molar-refractivity contribution is 5.89. The summed E-state index contributed by atoms with van der Waals surface area (Å²) in [5, 5.41) is 2.83. The average molecular weight is 299 g/mol. The average Bonchev–Trinajstić information content (AvgIpc) is 2.55. The number of aromatic nitrogens is 1. The molecule has 116 valence electrons. The Morgan fingerprint density at radius 2 is 2.09 bits per heavy atom. The van der Waals surface area contributed by atoms with Gasteiger partial charge in [0.15, 0.2) is 0 Å². The lowest BCUT2D eigenvalue weighted by atomic mass is 10.1. The zero-order valence-electron chi connectivity index (χ0n) is 13.1. The number of pyridine rings is 1. The number of rotatable bonds is 5. The van der Waals surface area contributed by atoms with Crippen molar-refractivity contribution >= 4 is 11.7 Å². The molecule has 0 aliphatic carbocycles. The molecule has 22 heavy (non-hydrogen) atoms. The smallest absolute Gasteiger partial charge is 0.321 e. The van der Waals surface area contributed by atoms with Crippen LogP contribution in [0.1, 0.15) is 12.5 Å². The molecule has 2 amide bonds. The first-order valence-electron chi connectivity index (χ1n) is 7.17. The molecule has 0 saturated carbocycles. The number of carbonyl (C=O) groups is 1. The highest BCUT2D eigenvalue weighted by Crippen LogP contribution is 2.20. The molecule has 5 nitrogen and oxygen atoms in total. The Morgan fingerprint density at radius 1 is 1.32 bits per heavy atom. The highest BCUT2D eigenvalue weighted by Gasteiger charge is 2.17. The number of hydrogen-bond acceptors (Lipinski definition) is 3. The topological polar surface area (TPSA) is 54.5 Å². The first kappa shape index (κ1) is 15.8. The number of ether oxygens (including phenoxy) is 1. The Bertz CT molecular complexity index is 616. The zero-order valence-corrected chi connectivity index (χ0v) is 13.1. The Kier molecular flexibility index (Phi) is 5.36. The van der Waals surface area contributed by atoms with Crippen LogP contribution in [0.3, 0.4) is 0 Å². The van der Waals surface area contributed by atoms with E-state index in [9.17, 15) is 4.79 Å². The third kappa shape index (κ3) is 3.97. The van der Waals surface area contributed by atoms with E-state index in [0.717, 1.165) is 17.7 Å². The first-order valence-corrected chi connectivity index (χ1v) is 7.17. The Labute approximate surface area is 130 Å². The van der Waals surface area contributed by atoms with E-state index < -0.39 is 0 Å². The minimum absolute atomic E-state index is 0.0352. The maximum absolute atomic E-state index is 12.3. The molecule has 1 aromatic carbocycles.